The third-order valence-electron chi connectivity index (χ3n) is 4.20. The first-order chi connectivity index (χ1) is 6.93. The zero-order valence-electron chi connectivity index (χ0n) is 9.58. The Hall–Kier alpha value is -1.06. The Kier molecular flexibility index (Phi) is 2.24. The van der Waals surface area contributed by atoms with Crippen LogP contribution in [0, 0.1) is 23.2 Å². The van der Waals surface area contributed by atoms with Crippen molar-refractivity contribution in [2.45, 2.75) is 33.6 Å². The number of nitrogens with one attached hydrogen (secondary N) is 1. The first kappa shape index (κ1) is 10.5. The van der Waals surface area contributed by atoms with Crippen LogP contribution >= 0.6 is 0 Å². The van der Waals surface area contributed by atoms with Gasteiger partial charge in [-0.1, -0.05) is 20.8 Å². The van der Waals surface area contributed by atoms with Gasteiger partial charge in [-0.2, -0.15) is 5.10 Å². The molecule has 0 saturated heterocycles. The lowest BCUT2D eigenvalue weighted by atomic mass is 9.89. The molecule has 3 N–H and O–H groups in total. The molecule has 0 aromatic rings. The Morgan fingerprint density at radius 2 is 2.20 bits per heavy atom. The van der Waals surface area contributed by atoms with Crippen LogP contribution in [0.15, 0.2) is 5.10 Å². The van der Waals surface area contributed by atoms with Crippen LogP contribution in [0.3, 0.4) is 0 Å². The fourth-order valence-electron chi connectivity index (χ4n) is 2.96. The minimum absolute atomic E-state index is 0.470. The molecule has 2 amide bonds. The van der Waals surface area contributed by atoms with E-state index in [0.717, 1.165) is 24.0 Å². The molecule has 2 aliphatic rings. The van der Waals surface area contributed by atoms with E-state index in [9.17, 15) is 4.79 Å². The zero-order chi connectivity index (χ0) is 11.2. The average molecular weight is 209 g/mol. The number of rotatable bonds is 1. The standard InChI is InChI=1S/C11H19N3O/c1-6-4-7-8(11(7,2)3)5-9(6)13-14-10(12)15/h6-8H,4-5H2,1-3H3,(H3,12,14,15)/b13-9-/t6-,7+,8+/m1/s1. The monoisotopic (exact) mass is 209 g/mol. The molecule has 0 unspecified atom stereocenters. The molecular formula is C11H19N3O. The Bertz CT molecular complexity index is 322. The lowest BCUT2D eigenvalue weighted by Gasteiger charge is -2.18. The van der Waals surface area contributed by atoms with Crippen LogP contribution in [-0.2, 0) is 0 Å². The number of primary amides is 1. The Morgan fingerprint density at radius 1 is 1.53 bits per heavy atom. The van der Waals surface area contributed by atoms with Crippen molar-refractivity contribution in [3.8, 4) is 0 Å². The molecule has 0 radical (unpaired) electrons. The van der Waals surface area contributed by atoms with Gasteiger partial charge < -0.3 is 5.73 Å². The minimum Gasteiger partial charge on any atom is -0.350 e. The highest BCUT2D eigenvalue weighted by atomic mass is 16.2. The van der Waals surface area contributed by atoms with Gasteiger partial charge in [0, 0.05) is 5.71 Å². The topological polar surface area (TPSA) is 67.5 Å². The molecule has 0 bridgehead atoms. The van der Waals surface area contributed by atoms with Gasteiger partial charge in [0.05, 0.1) is 0 Å². The minimum atomic E-state index is -0.577. The van der Waals surface area contributed by atoms with Gasteiger partial charge in [-0.3, -0.25) is 0 Å². The first-order valence-corrected chi connectivity index (χ1v) is 5.55. The van der Waals surface area contributed by atoms with E-state index >= 15 is 0 Å². The molecule has 84 valence electrons. The van der Waals surface area contributed by atoms with Crippen molar-refractivity contribution in [1.82, 2.24) is 5.43 Å². The second kappa shape index (κ2) is 3.22. The van der Waals surface area contributed by atoms with Crippen molar-refractivity contribution in [1.29, 1.82) is 0 Å². The number of nitrogens with two attached hydrogens (primary N) is 1. The van der Waals surface area contributed by atoms with E-state index in [1.54, 1.807) is 0 Å². The molecule has 2 saturated carbocycles. The van der Waals surface area contributed by atoms with Crippen LogP contribution in [0.2, 0.25) is 0 Å². The third kappa shape index (κ3) is 1.73. The van der Waals surface area contributed by atoms with Crippen LogP contribution in [0.5, 0.6) is 0 Å². The molecule has 2 fully saturated rings. The number of fused-ring (bicyclic) bond motifs is 1. The van der Waals surface area contributed by atoms with E-state index in [2.05, 4.69) is 31.3 Å². The van der Waals surface area contributed by atoms with Gasteiger partial charge in [0.25, 0.3) is 0 Å². The van der Waals surface area contributed by atoms with E-state index in [1.807, 2.05) is 0 Å². The summed E-state index contributed by atoms with van der Waals surface area (Å²) in [4.78, 5) is 10.6. The molecule has 4 heteroatoms. The third-order valence-corrected chi connectivity index (χ3v) is 4.20. The number of hydrogen-bond donors (Lipinski definition) is 2. The summed E-state index contributed by atoms with van der Waals surface area (Å²) in [5.74, 6) is 2.07. The molecule has 3 atom stereocenters. The summed E-state index contributed by atoms with van der Waals surface area (Å²) < 4.78 is 0. The van der Waals surface area contributed by atoms with Crippen molar-refractivity contribution in [3.63, 3.8) is 0 Å². The molecule has 4 nitrogen and oxygen atoms in total. The van der Waals surface area contributed by atoms with Crippen LogP contribution in [-0.4, -0.2) is 11.7 Å². The number of hydrazone groups is 1. The largest absolute Gasteiger partial charge is 0.350 e. The Labute approximate surface area is 90.3 Å². The van der Waals surface area contributed by atoms with Gasteiger partial charge in [-0.05, 0) is 36.0 Å². The van der Waals surface area contributed by atoms with Gasteiger partial charge in [0.15, 0.2) is 0 Å². The molecule has 0 aromatic heterocycles. The number of nitrogens with zero attached hydrogens (tertiary/aromatic N) is 1. The highest BCUT2D eigenvalue weighted by Crippen LogP contribution is 2.65. The second-order valence-corrected chi connectivity index (χ2v) is 5.45. The summed E-state index contributed by atoms with van der Waals surface area (Å²) in [7, 11) is 0. The number of hydrogen-bond acceptors (Lipinski definition) is 2. The van der Waals surface area contributed by atoms with E-state index < -0.39 is 6.03 Å². The number of amides is 2. The summed E-state index contributed by atoms with van der Waals surface area (Å²) >= 11 is 0. The van der Waals surface area contributed by atoms with Crippen LogP contribution in [0.1, 0.15) is 33.6 Å². The van der Waals surface area contributed by atoms with Crippen molar-refractivity contribution in [2.24, 2.45) is 34.0 Å². The van der Waals surface area contributed by atoms with Crippen molar-refractivity contribution >= 4 is 11.7 Å². The first-order valence-electron chi connectivity index (χ1n) is 5.55. The van der Waals surface area contributed by atoms with Crippen molar-refractivity contribution in [3.05, 3.63) is 0 Å². The lowest BCUT2D eigenvalue weighted by Crippen LogP contribution is -2.28. The van der Waals surface area contributed by atoms with E-state index in [4.69, 9.17) is 5.73 Å². The smallest absolute Gasteiger partial charge is 0.332 e. The summed E-state index contributed by atoms with van der Waals surface area (Å²) in [6.45, 7) is 6.81. The molecular weight excluding hydrogens is 190 g/mol. The van der Waals surface area contributed by atoms with Gasteiger partial charge in [-0.25, -0.2) is 10.2 Å². The Balaban J connectivity index is 2.03. The van der Waals surface area contributed by atoms with Crippen LogP contribution < -0.4 is 11.2 Å². The van der Waals surface area contributed by atoms with Crippen LogP contribution in [0.4, 0.5) is 4.79 Å². The number of urea groups is 1. The number of carbonyl (C=O) groups is 1. The molecule has 15 heavy (non-hydrogen) atoms. The summed E-state index contributed by atoms with van der Waals surface area (Å²) in [6, 6.07) is -0.577. The fraction of sp³-hybridized carbons (Fsp3) is 0.818. The van der Waals surface area contributed by atoms with Gasteiger partial charge in [0.1, 0.15) is 0 Å². The van der Waals surface area contributed by atoms with Crippen LogP contribution in [0.25, 0.3) is 0 Å². The maximum absolute atomic E-state index is 10.6. The highest BCUT2D eigenvalue weighted by molar-refractivity contribution is 5.89. The summed E-state index contributed by atoms with van der Waals surface area (Å²) in [5, 5.41) is 4.10. The normalized spacial score (nSPS) is 39.7. The molecule has 0 spiro atoms. The summed E-state index contributed by atoms with van der Waals surface area (Å²) in [6.07, 6.45) is 2.20. The zero-order valence-corrected chi connectivity index (χ0v) is 9.58. The molecule has 2 rings (SSSR count). The molecule has 0 heterocycles. The van der Waals surface area contributed by atoms with Gasteiger partial charge >= 0.3 is 6.03 Å². The predicted molar refractivity (Wildman–Crippen MR) is 59.3 cm³/mol. The van der Waals surface area contributed by atoms with Crippen molar-refractivity contribution < 1.29 is 4.79 Å². The lowest BCUT2D eigenvalue weighted by molar-refractivity contribution is 0.249. The van der Waals surface area contributed by atoms with Gasteiger partial charge in [-0.15, -0.1) is 0 Å². The molecule has 0 aliphatic heterocycles. The summed E-state index contributed by atoms with van der Waals surface area (Å²) in [5.41, 5.74) is 8.90. The van der Waals surface area contributed by atoms with Crippen molar-refractivity contribution in [2.75, 3.05) is 0 Å². The fourth-order valence-corrected chi connectivity index (χ4v) is 2.96. The SMILES string of the molecule is C[C@@H]1C[C@H]2[C@H](C/C1=N/NC(N)=O)C2(C)C. The highest BCUT2D eigenvalue weighted by Gasteiger charge is 2.60. The maximum Gasteiger partial charge on any atom is 0.332 e. The number of carbonyl (C=O) groups excluding carboxylic acids is 1. The second-order valence-electron chi connectivity index (χ2n) is 5.45. The molecule has 2 aliphatic carbocycles. The van der Waals surface area contributed by atoms with E-state index in [0.29, 0.717) is 11.3 Å². The van der Waals surface area contributed by atoms with E-state index in [-0.39, 0.29) is 0 Å². The van der Waals surface area contributed by atoms with Gasteiger partial charge in [0.2, 0.25) is 0 Å². The predicted octanol–water partition coefficient (Wildman–Crippen LogP) is 1.71. The van der Waals surface area contributed by atoms with E-state index in [1.165, 1.54) is 6.42 Å². The average Bonchev–Trinajstić information content (AvgIpc) is 2.64. The Morgan fingerprint density at radius 3 is 2.80 bits per heavy atom. The quantitative estimate of drug-likeness (QED) is 0.634. The molecule has 0 aromatic carbocycles. The maximum atomic E-state index is 10.6.